The Morgan fingerprint density at radius 3 is 2.14 bits per heavy atom. The zero-order valence-electron chi connectivity index (χ0n) is 14.7. The van der Waals surface area contributed by atoms with Crippen LogP contribution in [0.4, 0.5) is 5.69 Å². The molecular weight excluding hydrogens is 421 g/mol. The lowest BCUT2D eigenvalue weighted by Crippen LogP contribution is -2.44. The first kappa shape index (κ1) is 18.4. The second-order valence-corrected chi connectivity index (χ2v) is 8.51. The minimum atomic E-state index is -0.495. The molecule has 0 spiro atoms. The molecule has 2 amide bonds. The van der Waals surface area contributed by atoms with Crippen molar-refractivity contribution in [3.63, 3.8) is 0 Å². The summed E-state index contributed by atoms with van der Waals surface area (Å²) < 4.78 is 0. The summed E-state index contributed by atoms with van der Waals surface area (Å²) in [5.41, 5.74) is 1.44. The highest BCUT2D eigenvalue weighted by atomic mass is 35.5. The number of anilines is 1. The normalized spacial score (nSPS) is 27.5. The van der Waals surface area contributed by atoms with Crippen LogP contribution in [0, 0.1) is 5.92 Å². The van der Waals surface area contributed by atoms with Crippen molar-refractivity contribution >= 4 is 52.3 Å². The number of hydrogen-bond acceptors (Lipinski definition) is 4. The molecule has 0 N–H and O–H groups in total. The first-order valence-corrected chi connectivity index (χ1v) is 10.2. The van der Waals surface area contributed by atoms with Crippen molar-refractivity contribution in [2.24, 2.45) is 5.92 Å². The number of fused-ring (bicyclic) bond motifs is 3. The molecule has 0 radical (unpaired) electrons. The topological polar surface area (TPSA) is 43.9 Å². The molecule has 28 heavy (non-hydrogen) atoms. The van der Waals surface area contributed by atoms with Crippen molar-refractivity contribution in [1.82, 2.24) is 10.0 Å². The van der Waals surface area contributed by atoms with Gasteiger partial charge in [0.25, 0.3) is 5.91 Å². The van der Waals surface area contributed by atoms with E-state index >= 15 is 0 Å². The fourth-order valence-corrected chi connectivity index (χ4v) is 5.07. The van der Waals surface area contributed by atoms with Crippen LogP contribution in [0.25, 0.3) is 0 Å². The van der Waals surface area contributed by atoms with E-state index in [4.69, 9.17) is 34.8 Å². The van der Waals surface area contributed by atoms with Crippen molar-refractivity contribution in [2.45, 2.75) is 18.5 Å². The molecule has 5 rings (SSSR count). The van der Waals surface area contributed by atoms with Crippen LogP contribution in [0.1, 0.15) is 18.0 Å². The second kappa shape index (κ2) is 6.71. The van der Waals surface area contributed by atoms with Gasteiger partial charge >= 0.3 is 0 Å². The fraction of sp³-hybridized carbons (Fsp3) is 0.300. The Hall–Kier alpha value is -1.63. The van der Waals surface area contributed by atoms with E-state index in [-0.39, 0.29) is 17.9 Å². The van der Waals surface area contributed by atoms with Crippen LogP contribution in [0.3, 0.4) is 0 Å². The van der Waals surface area contributed by atoms with Crippen LogP contribution in [0.2, 0.25) is 15.1 Å². The maximum absolute atomic E-state index is 13.4. The average Bonchev–Trinajstić information content (AvgIpc) is 3.31. The van der Waals surface area contributed by atoms with Crippen molar-refractivity contribution in [2.75, 3.05) is 18.0 Å². The number of hydrogen-bond donors (Lipinski definition) is 0. The highest BCUT2D eigenvalue weighted by molar-refractivity contribution is 6.42. The van der Waals surface area contributed by atoms with E-state index in [1.54, 1.807) is 18.2 Å². The first-order valence-electron chi connectivity index (χ1n) is 9.09. The van der Waals surface area contributed by atoms with Gasteiger partial charge in [-0.25, -0.2) is 14.9 Å². The van der Waals surface area contributed by atoms with Crippen molar-refractivity contribution < 1.29 is 9.59 Å². The standard InChI is InChI=1S/C20H16Cl3N3O2/c21-12-4-2-11(3-5-12)17-16-18(25-9-1-8-24(17)25)20(28)26(19(16)27)13-6-7-14(22)15(23)10-13/h2-7,10,16-18H,1,8-9H2/t16-,17+,18+/m0/s1. The van der Waals surface area contributed by atoms with E-state index in [1.165, 1.54) is 4.90 Å². The summed E-state index contributed by atoms with van der Waals surface area (Å²) in [5, 5.41) is 5.56. The minimum absolute atomic E-state index is 0.186. The van der Waals surface area contributed by atoms with Gasteiger partial charge in [-0.3, -0.25) is 9.59 Å². The van der Waals surface area contributed by atoms with Crippen LogP contribution in [-0.4, -0.2) is 41.0 Å². The summed E-state index contributed by atoms with van der Waals surface area (Å²) >= 11 is 18.2. The molecule has 8 heteroatoms. The molecule has 3 aliphatic rings. The summed E-state index contributed by atoms with van der Waals surface area (Å²) in [6, 6.07) is 11.7. The number of nitrogens with zero attached hydrogens (tertiary/aromatic N) is 3. The van der Waals surface area contributed by atoms with Crippen molar-refractivity contribution in [3.05, 3.63) is 63.1 Å². The number of imide groups is 1. The molecule has 5 nitrogen and oxygen atoms in total. The number of amides is 2. The molecule has 0 unspecified atom stereocenters. The van der Waals surface area contributed by atoms with Gasteiger partial charge in [0.1, 0.15) is 6.04 Å². The average molecular weight is 437 g/mol. The van der Waals surface area contributed by atoms with Crippen molar-refractivity contribution in [1.29, 1.82) is 0 Å². The molecule has 144 valence electrons. The van der Waals surface area contributed by atoms with Crippen LogP contribution in [-0.2, 0) is 9.59 Å². The lowest BCUT2D eigenvalue weighted by Gasteiger charge is -2.29. The van der Waals surface area contributed by atoms with Gasteiger partial charge in [-0.05, 0) is 42.3 Å². The third kappa shape index (κ3) is 2.61. The molecule has 3 saturated heterocycles. The van der Waals surface area contributed by atoms with Gasteiger partial charge in [-0.2, -0.15) is 0 Å². The summed E-state index contributed by atoms with van der Waals surface area (Å²) in [4.78, 5) is 28.0. The van der Waals surface area contributed by atoms with Gasteiger partial charge < -0.3 is 0 Å². The second-order valence-electron chi connectivity index (χ2n) is 7.26. The van der Waals surface area contributed by atoms with Gasteiger partial charge in [0.05, 0.1) is 27.7 Å². The number of benzene rings is 2. The molecule has 0 aliphatic carbocycles. The highest BCUT2D eigenvalue weighted by Crippen LogP contribution is 2.49. The Labute approximate surface area is 177 Å². The molecule has 2 aromatic carbocycles. The Morgan fingerprint density at radius 2 is 1.46 bits per heavy atom. The molecule has 0 aromatic heterocycles. The molecule has 0 bridgehead atoms. The molecule has 2 aromatic rings. The number of carbonyl (C=O) groups is 2. The smallest absolute Gasteiger partial charge is 0.253 e. The van der Waals surface area contributed by atoms with Gasteiger partial charge in [-0.15, -0.1) is 0 Å². The van der Waals surface area contributed by atoms with E-state index in [9.17, 15) is 9.59 Å². The minimum Gasteiger partial charge on any atom is -0.274 e. The summed E-state index contributed by atoms with van der Waals surface area (Å²) in [6.07, 6.45) is 0.960. The van der Waals surface area contributed by atoms with Crippen LogP contribution >= 0.6 is 34.8 Å². The quantitative estimate of drug-likeness (QED) is 0.663. The van der Waals surface area contributed by atoms with E-state index in [0.717, 1.165) is 25.1 Å². The largest absolute Gasteiger partial charge is 0.274 e. The first-order chi connectivity index (χ1) is 13.5. The number of halogens is 3. The number of carbonyl (C=O) groups excluding carboxylic acids is 2. The monoisotopic (exact) mass is 435 g/mol. The predicted molar refractivity (Wildman–Crippen MR) is 108 cm³/mol. The third-order valence-corrected chi connectivity index (χ3v) is 6.77. The molecular formula is C20H16Cl3N3O2. The lowest BCUT2D eigenvalue weighted by atomic mass is 9.90. The zero-order valence-corrected chi connectivity index (χ0v) is 17.0. The number of hydrazine groups is 1. The van der Waals surface area contributed by atoms with Gasteiger partial charge in [-0.1, -0.05) is 46.9 Å². The van der Waals surface area contributed by atoms with Crippen LogP contribution < -0.4 is 4.90 Å². The van der Waals surface area contributed by atoms with Crippen LogP contribution in [0.5, 0.6) is 0 Å². The van der Waals surface area contributed by atoms with Gasteiger partial charge in [0, 0.05) is 18.1 Å². The Kier molecular flexibility index (Phi) is 4.41. The van der Waals surface area contributed by atoms with Crippen LogP contribution in [0.15, 0.2) is 42.5 Å². The predicted octanol–water partition coefficient (Wildman–Crippen LogP) is 4.18. The zero-order chi connectivity index (χ0) is 19.6. The van der Waals surface area contributed by atoms with E-state index in [2.05, 4.69) is 10.0 Å². The maximum Gasteiger partial charge on any atom is 0.253 e. The summed E-state index contributed by atoms with van der Waals surface area (Å²) in [5.74, 6) is -0.886. The van der Waals surface area contributed by atoms with E-state index in [1.807, 2.05) is 24.3 Å². The van der Waals surface area contributed by atoms with E-state index < -0.39 is 12.0 Å². The van der Waals surface area contributed by atoms with Crippen molar-refractivity contribution in [3.8, 4) is 0 Å². The lowest BCUT2D eigenvalue weighted by molar-refractivity contribution is -0.126. The summed E-state index contributed by atoms with van der Waals surface area (Å²) in [7, 11) is 0. The van der Waals surface area contributed by atoms with E-state index in [0.29, 0.717) is 20.8 Å². The maximum atomic E-state index is 13.4. The highest BCUT2D eigenvalue weighted by Gasteiger charge is 2.62. The Morgan fingerprint density at radius 1 is 0.786 bits per heavy atom. The number of rotatable bonds is 2. The third-order valence-electron chi connectivity index (χ3n) is 5.78. The molecule has 0 saturated carbocycles. The molecule has 3 aliphatic heterocycles. The Bertz CT molecular complexity index is 981. The Balaban J connectivity index is 1.58. The SMILES string of the molecule is O=C1[C@H]2[C@@H](c3ccc(Cl)cc3)N3CCCN3[C@H]2C(=O)N1c1ccc(Cl)c(Cl)c1. The van der Waals surface area contributed by atoms with Gasteiger partial charge in [0.2, 0.25) is 5.91 Å². The molecule has 3 fully saturated rings. The summed E-state index contributed by atoms with van der Waals surface area (Å²) in [6.45, 7) is 1.59. The molecule has 3 heterocycles. The van der Waals surface area contributed by atoms with Gasteiger partial charge in [0.15, 0.2) is 0 Å². The fourth-order valence-electron chi connectivity index (χ4n) is 4.65. The molecule has 3 atom stereocenters.